The van der Waals surface area contributed by atoms with Gasteiger partial charge < -0.3 is 5.32 Å². The highest BCUT2D eigenvalue weighted by molar-refractivity contribution is 5.76. The standard InChI is InChI=1S/C22H22F3N7O/c1-14-18(15(2)32-21(28-14)29-20(30-32)22(23,24)25)8-9-19(33)26-12-10-16-4-6-17(7-5-16)31-13-3-11-27-31/h3-7,11,13H,8-10,12H2,1-2H3,(H,26,33). The largest absolute Gasteiger partial charge is 0.453 e. The first-order chi connectivity index (χ1) is 15.7. The van der Waals surface area contributed by atoms with Crippen LogP contribution in [0.2, 0.25) is 0 Å². The molecular weight excluding hydrogens is 435 g/mol. The van der Waals surface area contributed by atoms with Gasteiger partial charge in [-0.15, -0.1) is 5.10 Å². The average molecular weight is 457 g/mol. The number of amides is 1. The zero-order chi connectivity index (χ0) is 23.6. The maximum absolute atomic E-state index is 12.9. The minimum absolute atomic E-state index is 0.107. The number of fused-ring (bicyclic) bond motifs is 1. The molecule has 0 aliphatic heterocycles. The van der Waals surface area contributed by atoms with Crippen molar-refractivity contribution in [1.82, 2.24) is 34.7 Å². The van der Waals surface area contributed by atoms with Gasteiger partial charge in [0.15, 0.2) is 0 Å². The van der Waals surface area contributed by atoms with Gasteiger partial charge in [0, 0.05) is 36.7 Å². The Morgan fingerprint density at radius 1 is 1.09 bits per heavy atom. The summed E-state index contributed by atoms with van der Waals surface area (Å²) < 4.78 is 41.6. The Balaban J connectivity index is 1.32. The fourth-order valence-corrected chi connectivity index (χ4v) is 3.60. The molecule has 0 bridgehead atoms. The van der Waals surface area contributed by atoms with Crippen LogP contribution in [0.1, 0.15) is 34.8 Å². The first-order valence-electron chi connectivity index (χ1n) is 10.4. The zero-order valence-corrected chi connectivity index (χ0v) is 18.1. The Kier molecular flexibility index (Phi) is 6.12. The molecule has 172 valence electrons. The van der Waals surface area contributed by atoms with Gasteiger partial charge in [-0.25, -0.2) is 14.2 Å². The Labute approximate surface area is 187 Å². The van der Waals surface area contributed by atoms with E-state index in [-0.39, 0.29) is 18.1 Å². The second-order valence-corrected chi connectivity index (χ2v) is 7.62. The van der Waals surface area contributed by atoms with Crippen molar-refractivity contribution >= 4 is 11.7 Å². The van der Waals surface area contributed by atoms with Crippen LogP contribution in [0.4, 0.5) is 13.2 Å². The first kappa shape index (κ1) is 22.4. The molecule has 1 aromatic carbocycles. The van der Waals surface area contributed by atoms with Crippen molar-refractivity contribution in [3.05, 3.63) is 71.1 Å². The third-order valence-corrected chi connectivity index (χ3v) is 5.35. The van der Waals surface area contributed by atoms with E-state index in [0.29, 0.717) is 36.3 Å². The number of carbonyl (C=O) groups is 1. The topological polar surface area (TPSA) is 90.0 Å². The Hall–Kier alpha value is -3.76. The number of halogens is 3. The molecule has 8 nitrogen and oxygen atoms in total. The van der Waals surface area contributed by atoms with Crippen molar-refractivity contribution in [1.29, 1.82) is 0 Å². The minimum atomic E-state index is -4.65. The van der Waals surface area contributed by atoms with Gasteiger partial charge in [0.2, 0.25) is 5.91 Å². The molecule has 4 aromatic rings. The quantitative estimate of drug-likeness (QED) is 0.460. The highest BCUT2D eigenvalue weighted by atomic mass is 19.4. The van der Waals surface area contributed by atoms with Gasteiger partial charge in [0.05, 0.1) is 5.69 Å². The number of carbonyl (C=O) groups excluding carboxylic acids is 1. The maximum atomic E-state index is 12.9. The highest BCUT2D eigenvalue weighted by Gasteiger charge is 2.36. The van der Waals surface area contributed by atoms with Gasteiger partial charge in [0.1, 0.15) is 0 Å². The van der Waals surface area contributed by atoms with Crippen molar-refractivity contribution in [2.75, 3.05) is 6.54 Å². The summed E-state index contributed by atoms with van der Waals surface area (Å²) in [5.74, 6) is -1.48. The van der Waals surface area contributed by atoms with Gasteiger partial charge in [-0.1, -0.05) is 12.1 Å². The monoisotopic (exact) mass is 457 g/mol. The van der Waals surface area contributed by atoms with Crippen LogP contribution in [-0.2, 0) is 23.8 Å². The second kappa shape index (κ2) is 9.00. The molecule has 0 aliphatic carbocycles. The molecule has 33 heavy (non-hydrogen) atoms. The summed E-state index contributed by atoms with van der Waals surface area (Å²) >= 11 is 0. The van der Waals surface area contributed by atoms with E-state index in [0.717, 1.165) is 15.8 Å². The minimum Gasteiger partial charge on any atom is -0.356 e. The van der Waals surface area contributed by atoms with Gasteiger partial charge in [-0.2, -0.15) is 23.3 Å². The molecule has 3 aromatic heterocycles. The van der Waals surface area contributed by atoms with Crippen molar-refractivity contribution in [3.63, 3.8) is 0 Å². The lowest BCUT2D eigenvalue weighted by atomic mass is 10.1. The maximum Gasteiger partial charge on any atom is 0.453 e. The van der Waals surface area contributed by atoms with E-state index in [1.807, 2.05) is 36.5 Å². The zero-order valence-electron chi connectivity index (χ0n) is 18.1. The van der Waals surface area contributed by atoms with E-state index < -0.39 is 12.0 Å². The fraction of sp³-hybridized carbons (Fsp3) is 0.318. The van der Waals surface area contributed by atoms with E-state index in [2.05, 4.69) is 25.5 Å². The van der Waals surface area contributed by atoms with E-state index in [1.165, 1.54) is 0 Å². The summed E-state index contributed by atoms with van der Waals surface area (Å²) in [4.78, 5) is 19.9. The van der Waals surface area contributed by atoms with Crippen LogP contribution in [0.5, 0.6) is 0 Å². The number of hydrogen-bond acceptors (Lipinski definition) is 5. The van der Waals surface area contributed by atoms with Crippen LogP contribution in [-0.4, -0.2) is 41.8 Å². The van der Waals surface area contributed by atoms with E-state index in [4.69, 9.17) is 0 Å². The van der Waals surface area contributed by atoms with Gasteiger partial charge in [0.25, 0.3) is 11.6 Å². The number of rotatable bonds is 7. The van der Waals surface area contributed by atoms with E-state index in [1.54, 1.807) is 24.7 Å². The Morgan fingerprint density at radius 3 is 2.52 bits per heavy atom. The Morgan fingerprint density at radius 2 is 1.85 bits per heavy atom. The smallest absolute Gasteiger partial charge is 0.356 e. The summed E-state index contributed by atoms with van der Waals surface area (Å²) in [5, 5.41) is 10.6. The third kappa shape index (κ3) is 5.02. The Bertz CT molecular complexity index is 1260. The van der Waals surface area contributed by atoms with Gasteiger partial charge in [-0.05, 0) is 56.0 Å². The predicted octanol–water partition coefficient (Wildman–Crippen LogP) is 3.24. The highest BCUT2D eigenvalue weighted by Crippen LogP contribution is 2.27. The van der Waals surface area contributed by atoms with Crippen LogP contribution in [0.25, 0.3) is 11.5 Å². The third-order valence-electron chi connectivity index (χ3n) is 5.35. The molecule has 3 heterocycles. The van der Waals surface area contributed by atoms with E-state index in [9.17, 15) is 18.0 Å². The number of alkyl halides is 3. The summed E-state index contributed by atoms with van der Waals surface area (Å²) in [5.41, 5.74) is 3.75. The molecule has 0 saturated heterocycles. The number of hydrogen-bond donors (Lipinski definition) is 1. The number of aryl methyl sites for hydroxylation is 2. The molecule has 4 rings (SSSR count). The van der Waals surface area contributed by atoms with Crippen LogP contribution in [0.3, 0.4) is 0 Å². The van der Waals surface area contributed by atoms with Gasteiger partial charge >= 0.3 is 6.18 Å². The summed E-state index contributed by atoms with van der Waals surface area (Å²) in [7, 11) is 0. The lowest BCUT2D eigenvalue weighted by molar-refractivity contribution is -0.144. The lowest BCUT2D eigenvalue weighted by Gasteiger charge is -2.11. The summed E-state index contributed by atoms with van der Waals surface area (Å²) in [6, 6.07) is 9.76. The molecule has 1 amide bonds. The average Bonchev–Trinajstić information content (AvgIpc) is 3.44. The molecule has 1 N–H and O–H groups in total. The van der Waals surface area contributed by atoms with Crippen LogP contribution < -0.4 is 5.32 Å². The fourth-order valence-electron chi connectivity index (χ4n) is 3.60. The van der Waals surface area contributed by atoms with Crippen molar-refractivity contribution in [2.45, 2.75) is 39.3 Å². The second-order valence-electron chi connectivity index (χ2n) is 7.62. The number of nitrogens with zero attached hydrogens (tertiary/aromatic N) is 6. The summed E-state index contributed by atoms with van der Waals surface area (Å²) in [6.45, 7) is 3.82. The van der Waals surface area contributed by atoms with E-state index >= 15 is 0 Å². The molecule has 0 saturated carbocycles. The van der Waals surface area contributed by atoms with Gasteiger partial charge in [-0.3, -0.25) is 4.79 Å². The van der Waals surface area contributed by atoms with Crippen molar-refractivity contribution in [3.8, 4) is 5.69 Å². The number of benzene rings is 1. The van der Waals surface area contributed by atoms with Crippen molar-refractivity contribution in [2.24, 2.45) is 0 Å². The molecule has 11 heteroatoms. The lowest BCUT2D eigenvalue weighted by Crippen LogP contribution is -2.26. The molecule has 0 atom stereocenters. The normalized spacial score (nSPS) is 11.8. The first-order valence-corrected chi connectivity index (χ1v) is 10.4. The molecule has 0 aliphatic rings. The molecule has 0 spiro atoms. The molecule has 0 radical (unpaired) electrons. The molecule has 0 unspecified atom stereocenters. The molecule has 0 fully saturated rings. The number of aromatic nitrogens is 6. The van der Waals surface area contributed by atoms with Crippen molar-refractivity contribution < 1.29 is 18.0 Å². The van der Waals surface area contributed by atoms with Crippen LogP contribution in [0, 0.1) is 13.8 Å². The van der Waals surface area contributed by atoms with Crippen LogP contribution >= 0.6 is 0 Å². The number of nitrogens with one attached hydrogen (secondary N) is 1. The summed E-state index contributed by atoms with van der Waals surface area (Å²) in [6.07, 6.45) is 0.139. The SMILES string of the molecule is Cc1nc2nc(C(F)(F)F)nn2c(C)c1CCC(=O)NCCc1ccc(-n2cccn2)cc1. The van der Waals surface area contributed by atoms with Crippen LogP contribution in [0.15, 0.2) is 42.7 Å². The molecular formula is C22H22F3N7O. The predicted molar refractivity (Wildman–Crippen MR) is 114 cm³/mol.